The first-order valence-corrected chi connectivity index (χ1v) is 6.53. The van der Waals surface area contributed by atoms with Crippen molar-refractivity contribution in [1.29, 1.82) is 0 Å². The summed E-state index contributed by atoms with van der Waals surface area (Å²) in [5, 5.41) is 0. The number of nitrogens with zero attached hydrogens (tertiary/aromatic N) is 1. The maximum atomic E-state index is 12.2. The topological polar surface area (TPSA) is 46.3 Å². The molecule has 0 unspecified atom stereocenters. The third kappa shape index (κ3) is 2.72. The average molecular weight is 244 g/mol. The molecule has 1 aliphatic heterocycles. The van der Waals surface area contributed by atoms with Gasteiger partial charge in [0, 0.05) is 23.5 Å². The Morgan fingerprint density at radius 1 is 1.31 bits per heavy atom. The van der Waals surface area contributed by atoms with E-state index in [1.165, 1.54) is 0 Å². The Kier molecular flexibility index (Phi) is 3.95. The summed E-state index contributed by atoms with van der Waals surface area (Å²) >= 11 is 4.14. The van der Waals surface area contributed by atoms with Gasteiger partial charge in [0.05, 0.1) is 0 Å². The molecule has 16 heavy (non-hydrogen) atoms. The smallest absolute Gasteiger partial charge is 0.224 e. The number of thiol groups is 1. The second-order valence-electron chi connectivity index (χ2n) is 6.00. The molecule has 4 heteroatoms. The van der Waals surface area contributed by atoms with E-state index >= 15 is 0 Å². The number of nitrogens with two attached hydrogens (primary N) is 1. The summed E-state index contributed by atoms with van der Waals surface area (Å²) in [5.74, 6) is 0.796. The third-order valence-corrected chi connectivity index (χ3v) is 3.53. The lowest BCUT2D eigenvalue weighted by Crippen LogP contribution is -2.65. The Morgan fingerprint density at radius 2 is 1.75 bits per heavy atom. The van der Waals surface area contributed by atoms with Gasteiger partial charge in [-0.2, -0.15) is 12.6 Å². The van der Waals surface area contributed by atoms with Crippen molar-refractivity contribution in [3.05, 3.63) is 0 Å². The van der Waals surface area contributed by atoms with Crippen molar-refractivity contribution < 1.29 is 4.79 Å². The van der Waals surface area contributed by atoms with Crippen molar-refractivity contribution in [2.45, 2.75) is 64.1 Å². The molecule has 1 rings (SSSR count). The van der Waals surface area contributed by atoms with E-state index in [0.717, 1.165) is 12.8 Å². The van der Waals surface area contributed by atoms with Gasteiger partial charge in [-0.1, -0.05) is 0 Å². The van der Waals surface area contributed by atoms with Gasteiger partial charge in [-0.25, -0.2) is 0 Å². The molecule has 1 aliphatic rings. The predicted octanol–water partition coefficient (Wildman–Crippen LogP) is 1.81. The number of likely N-dealkylation sites (tertiary alicyclic amines) is 1. The number of carbonyl (C=O) groups is 1. The lowest BCUT2D eigenvalue weighted by molar-refractivity contribution is -0.149. The van der Waals surface area contributed by atoms with Gasteiger partial charge in [-0.15, -0.1) is 0 Å². The molecule has 0 aromatic rings. The van der Waals surface area contributed by atoms with Crippen molar-refractivity contribution in [2.75, 3.05) is 5.75 Å². The number of hydrogen-bond donors (Lipinski definition) is 2. The molecule has 0 aromatic carbocycles. The third-order valence-electron chi connectivity index (χ3n) is 3.31. The van der Waals surface area contributed by atoms with E-state index in [0.29, 0.717) is 12.2 Å². The summed E-state index contributed by atoms with van der Waals surface area (Å²) in [6, 6.07) is 0.185. The van der Waals surface area contributed by atoms with Crippen molar-refractivity contribution in [3.63, 3.8) is 0 Å². The van der Waals surface area contributed by atoms with Gasteiger partial charge in [0.2, 0.25) is 5.91 Å². The first-order chi connectivity index (χ1) is 7.20. The summed E-state index contributed by atoms with van der Waals surface area (Å²) in [6.07, 6.45) is 2.24. The summed E-state index contributed by atoms with van der Waals surface area (Å²) in [6.45, 7) is 8.41. The minimum absolute atomic E-state index is 0.152. The maximum absolute atomic E-state index is 12.2. The van der Waals surface area contributed by atoms with Crippen LogP contribution in [-0.2, 0) is 4.79 Å². The van der Waals surface area contributed by atoms with Crippen LogP contribution >= 0.6 is 12.6 Å². The fourth-order valence-electron chi connectivity index (χ4n) is 3.24. The van der Waals surface area contributed by atoms with Crippen LogP contribution in [0.25, 0.3) is 0 Å². The van der Waals surface area contributed by atoms with Crippen LogP contribution in [0.15, 0.2) is 0 Å². The fourth-order valence-corrected chi connectivity index (χ4v) is 3.43. The van der Waals surface area contributed by atoms with Crippen LogP contribution in [0, 0.1) is 0 Å². The van der Waals surface area contributed by atoms with E-state index in [-0.39, 0.29) is 23.0 Å². The van der Waals surface area contributed by atoms with Crippen LogP contribution in [-0.4, -0.2) is 33.7 Å². The Hall–Kier alpha value is -0.220. The Balaban J connectivity index is 2.97. The van der Waals surface area contributed by atoms with Gasteiger partial charge in [-0.3, -0.25) is 4.79 Å². The summed E-state index contributed by atoms with van der Waals surface area (Å²) in [5.41, 5.74) is 5.77. The zero-order chi connectivity index (χ0) is 12.6. The number of hydrogen-bond acceptors (Lipinski definition) is 3. The highest BCUT2D eigenvalue weighted by Crippen LogP contribution is 2.38. The molecule has 0 saturated carbocycles. The molecule has 1 saturated heterocycles. The molecule has 1 amide bonds. The van der Waals surface area contributed by atoms with E-state index in [1.54, 1.807) is 0 Å². The molecular formula is C12H24N2OS. The monoisotopic (exact) mass is 244 g/mol. The molecule has 3 nitrogen and oxygen atoms in total. The highest BCUT2D eigenvalue weighted by Gasteiger charge is 2.46. The molecule has 2 N–H and O–H groups in total. The van der Waals surface area contributed by atoms with Crippen LogP contribution in [0.2, 0.25) is 0 Å². The largest absolute Gasteiger partial charge is 0.332 e. The zero-order valence-corrected chi connectivity index (χ0v) is 11.7. The minimum Gasteiger partial charge on any atom is -0.332 e. The number of amides is 1. The molecule has 94 valence electrons. The number of rotatable bonds is 2. The fraction of sp³-hybridized carbons (Fsp3) is 0.917. The molecule has 0 aromatic heterocycles. The lowest BCUT2D eigenvalue weighted by atomic mass is 9.77. The molecule has 0 bridgehead atoms. The normalized spacial score (nSPS) is 24.5. The van der Waals surface area contributed by atoms with Crippen LogP contribution in [0.1, 0.15) is 47.0 Å². The molecule has 0 atom stereocenters. The van der Waals surface area contributed by atoms with Crippen molar-refractivity contribution in [1.82, 2.24) is 4.90 Å². The van der Waals surface area contributed by atoms with Gasteiger partial charge in [0.1, 0.15) is 0 Å². The predicted molar refractivity (Wildman–Crippen MR) is 70.7 cm³/mol. The number of carbonyl (C=O) groups excluding carboxylic acids is 1. The minimum atomic E-state index is -0.152. The first-order valence-electron chi connectivity index (χ1n) is 5.90. The maximum Gasteiger partial charge on any atom is 0.224 e. The van der Waals surface area contributed by atoms with E-state index in [1.807, 2.05) is 4.90 Å². The molecular weight excluding hydrogens is 220 g/mol. The standard InChI is InChI=1S/C12H24N2OS/c1-11(2)7-9(13)8-12(3,4)14(11)10(15)5-6-16/h9,16H,5-8,13H2,1-4H3. The van der Waals surface area contributed by atoms with Gasteiger partial charge in [0.25, 0.3) is 0 Å². The van der Waals surface area contributed by atoms with Crippen LogP contribution in [0.3, 0.4) is 0 Å². The zero-order valence-electron chi connectivity index (χ0n) is 10.8. The molecule has 1 heterocycles. The summed E-state index contributed by atoms with van der Waals surface area (Å²) in [4.78, 5) is 14.2. The number of piperidine rings is 1. The molecule has 0 spiro atoms. The van der Waals surface area contributed by atoms with Gasteiger partial charge >= 0.3 is 0 Å². The highest BCUT2D eigenvalue weighted by molar-refractivity contribution is 7.80. The average Bonchev–Trinajstić information content (AvgIpc) is 1.96. The van der Waals surface area contributed by atoms with Crippen molar-refractivity contribution in [3.8, 4) is 0 Å². The Bertz CT molecular complexity index is 258. The van der Waals surface area contributed by atoms with Crippen molar-refractivity contribution in [2.24, 2.45) is 5.73 Å². The van der Waals surface area contributed by atoms with E-state index < -0.39 is 0 Å². The van der Waals surface area contributed by atoms with Crippen LogP contribution < -0.4 is 5.73 Å². The van der Waals surface area contributed by atoms with Gasteiger partial charge in [0.15, 0.2) is 0 Å². The van der Waals surface area contributed by atoms with Gasteiger partial charge in [-0.05, 0) is 46.3 Å². The lowest BCUT2D eigenvalue weighted by Gasteiger charge is -2.54. The Morgan fingerprint density at radius 3 is 2.12 bits per heavy atom. The first kappa shape index (κ1) is 13.8. The molecule has 0 radical (unpaired) electrons. The van der Waals surface area contributed by atoms with E-state index in [4.69, 9.17) is 5.73 Å². The van der Waals surface area contributed by atoms with E-state index in [9.17, 15) is 4.79 Å². The second kappa shape index (κ2) is 4.57. The highest BCUT2D eigenvalue weighted by atomic mass is 32.1. The van der Waals surface area contributed by atoms with Crippen LogP contribution in [0.5, 0.6) is 0 Å². The summed E-state index contributed by atoms with van der Waals surface area (Å²) in [7, 11) is 0. The second-order valence-corrected chi connectivity index (χ2v) is 6.44. The molecule has 0 aliphatic carbocycles. The van der Waals surface area contributed by atoms with E-state index in [2.05, 4.69) is 40.3 Å². The van der Waals surface area contributed by atoms with Gasteiger partial charge < -0.3 is 10.6 Å². The quantitative estimate of drug-likeness (QED) is 0.728. The van der Waals surface area contributed by atoms with Crippen molar-refractivity contribution >= 4 is 18.5 Å². The summed E-state index contributed by atoms with van der Waals surface area (Å²) < 4.78 is 0. The van der Waals surface area contributed by atoms with Crippen LogP contribution in [0.4, 0.5) is 0 Å². The molecule has 1 fully saturated rings. The SMILES string of the molecule is CC1(C)CC(N)CC(C)(C)N1C(=O)CCS. The Labute approximate surface area is 104 Å².